The van der Waals surface area contributed by atoms with E-state index >= 15 is 0 Å². The van der Waals surface area contributed by atoms with Crippen LogP contribution in [-0.2, 0) is 11.2 Å². The number of amides is 2. The molecule has 1 fully saturated rings. The summed E-state index contributed by atoms with van der Waals surface area (Å²) in [6.45, 7) is 2.69. The zero-order valence-electron chi connectivity index (χ0n) is 15.2. The average Bonchev–Trinajstić information content (AvgIpc) is 3.18. The molecule has 2 aromatic rings. The van der Waals surface area contributed by atoms with Crippen LogP contribution in [0.15, 0.2) is 48.5 Å². The molecular weight excluding hydrogens is 328 g/mol. The van der Waals surface area contributed by atoms with Gasteiger partial charge in [-0.2, -0.15) is 0 Å². The fourth-order valence-corrected chi connectivity index (χ4v) is 3.23. The summed E-state index contributed by atoms with van der Waals surface area (Å²) in [5.41, 5.74) is 2.52. The molecule has 0 bridgehead atoms. The van der Waals surface area contributed by atoms with Gasteiger partial charge in [0, 0.05) is 17.8 Å². The van der Waals surface area contributed by atoms with Crippen LogP contribution in [0.4, 0.5) is 5.69 Å². The van der Waals surface area contributed by atoms with Gasteiger partial charge in [0.2, 0.25) is 5.91 Å². The van der Waals surface area contributed by atoms with Gasteiger partial charge in [-0.1, -0.05) is 19.1 Å². The molecule has 1 heterocycles. The van der Waals surface area contributed by atoms with Crippen LogP contribution in [0.25, 0.3) is 0 Å². The Balaban J connectivity index is 1.69. The lowest BCUT2D eigenvalue weighted by atomic mass is 10.1. The molecule has 5 heteroatoms. The SMILES string of the molecule is CCc1ccc(C(=O)N2CCC[C@@H]2C(=O)Nc2ccc(OC)cc2)cc1. The summed E-state index contributed by atoms with van der Waals surface area (Å²) in [5, 5.41) is 2.90. The number of likely N-dealkylation sites (tertiary alicyclic amines) is 1. The lowest BCUT2D eigenvalue weighted by molar-refractivity contribution is -0.119. The quantitative estimate of drug-likeness (QED) is 0.896. The van der Waals surface area contributed by atoms with Crippen molar-refractivity contribution in [2.75, 3.05) is 19.0 Å². The third kappa shape index (κ3) is 3.87. The summed E-state index contributed by atoms with van der Waals surface area (Å²) in [6.07, 6.45) is 2.45. The van der Waals surface area contributed by atoms with E-state index in [1.807, 2.05) is 24.3 Å². The van der Waals surface area contributed by atoms with Gasteiger partial charge in [0.15, 0.2) is 0 Å². The fourth-order valence-electron chi connectivity index (χ4n) is 3.23. The minimum absolute atomic E-state index is 0.0833. The van der Waals surface area contributed by atoms with E-state index in [1.165, 1.54) is 5.56 Å². The first-order valence-corrected chi connectivity index (χ1v) is 8.97. The number of aryl methyl sites for hydroxylation is 1. The maximum atomic E-state index is 12.8. The number of carbonyl (C=O) groups excluding carboxylic acids is 2. The van der Waals surface area contributed by atoms with E-state index in [0.29, 0.717) is 24.2 Å². The van der Waals surface area contributed by atoms with Gasteiger partial charge in [-0.15, -0.1) is 0 Å². The highest BCUT2D eigenvalue weighted by Crippen LogP contribution is 2.23. The average molecular weight is 352 g/mol. The van der Waals surface area contributed by atoms with Crippen molar-refractivity contribution in [1.29, 1.82) is 0 Å². The number of rotatable bonds is 5. The second kappa shape index (κ2) is 8.04. The molecule has 1 N–H and O–H groups in total. The molecule has 0 unspecified atom stereocenters. The number of nitrogens with zero attached hydrogens (tertiary/aromatic N) is 1. The molecule has 5 nitrogen and oxygen atoms in total. The molecule has 0 radical (unpaired) electrons. The predicted molar refractivity (Wildman–Crippen MR) is 102 cm³/mol. The Bertz CT molecular complexity index is 769. The van der Waals surface area contributed by atoms with E-state index in [0.717, 1.165) is 18.6 Å². The standard InChI is InChI=1S/C21H24N2O3/c1-3-15-6-8-16(9-7-15)21(25)23-14-4-5-19(23)20(24)22-17-10-12-18(26-2)13-11-17/h6-13,19H,3-5,14H2,1-2H3,(H,22,24)/t19-/m1/s1. The van der Waals surface area contributed by atoms with Crippen molar-refractivity contribution in [2.24, 2.45) is 0 Å². The number of nitrogens with one attached hydrogen (secondary N) is 1. The Morgan fingerprint density at radius 1 is 1.12 bits per heavy atom. The van der Waals surface area contributed by atoms with Crippen molar-refractivity contribution >= 4 is 17.5 Å². The van der Waals surface area contributed by atoms with Crippen LogP contribution in [0.1, 0.15) is 35.7 Å². The molecule has 0 spiro atoms. The minimum Gasteiger partial charge on any atom is -0.497 e. The van der Waals surface area contributed by atoms with Crippen LogP contribution in [0.3, 0.4) is 0 Å². The Kier molecular flexibility index (Phi) is 5.56. The molecule has 2 aromatic carbocycles. The Morgan fingerprint density at radius 3 is 2.42 bits per heavy atom. The van der Waals surface area contributed by atoms with Crippen LogP contribution in [0, 0.1) is 0 Å². The summed E-state index contributed by atoms with van der Waals surface area (Å²) in [5.74, 6) is 0.502. The van der Waals surface area contributed by atoms with E-state index in [2.05, 4.69) is 12.2 Å². The van der Waals surface area contributed by atoms with Crippen molar-refractivity contribution in [3.05, 3.63) is 59.7 Å². The summed E-state index contributed by atoms with van der Waals surface area (Å²) in [4.78, 5) is 27.2. The maximum Gasteiger partial charge on any atom is 0.254 e. The van der Waals surface area contributed by atoms with E-state index in [4.69, 9.17) is 4.74 Å². The zero-order valence-corrected chi connectivity index (χ0v) is 15.2. The lowest BCUT2D eigenvalue weighted by Crippen LogP contribution is -2.43. The summed E-state index contributed by atoms with van der Waals surface area (Å²) in [6, 6.07) is 14.4. The molecule has 3 rings (SSSR count). The van der Waals surface area contributed by atoms with Gasteiger partial charge in [-0.05, 0) is 61.2 Å². The molecule has 1 aliphatic heterocycles. The fraction of sp³-hybridized carbons (Fsp3) is 0.333. The van der Waals surface area contributed by atoms with Crippen LogP contribution >= 0.6 is 0 Å². The van der Waals surface area contributed by atoms with Crippen molar-refractivity contribution in [1.82, 2.24) is 4.90 Å². The molecule has 0 saturated carbocycles. The molecule has 0 aliphatic carbocycles. The van der Waals surface area contributed by atoms with Crippen LogP contribution in [0.2, 0.25) is 0 Å². The van der Waals surface area contributed by atoms with E-state index in [-0.39, 0.29) is 11.8 Å². The highest BCUT2D eigenvalue weighted by molar-refractivity contribution is 6.01. The molecule has 1 saturated heterocycles. The predicted octanol–water partition coefficient (Wildman–Crippen LogP) is 3.50. The van der Waals surface area contributed by atoms with E-state index < -0.39 is 6.04 Å². The first-order valence-electron chi connectivity index (χ1n) is 8.97. The first kappa shape index (κ1) is 18.0. The summed E-state index contributed by atoms with van der Waals surface area (Å²) >= 11 is 0. The Hall–Kier alpha value is -2.82. The van der Waals surface area contributed by atoms with Gasteiger partial charge < -0.3 is 15.0 Å². The number of hydrogen-bond acceptors (Lipinski definition) is 3. The third-order valence-corrected chi connectivity index (χ3v) is 4.78. The number of benzene rings is 2. The van der Waals surface area contributed by atoms with Crippen molar-refractivity contribution in [3.63, 3.8) is 0 Å². The van der Waals surface area contributed by atoms with Crippen molar-refractivity contribution in [2.45, 2.75) is 32.2 Å². The first-order chi connectivity index (χ1) is 12.6. The Labute approximate surface area is 154 Å². The van der Waals surface area contributed by atoms with Crippen LogP contribution in [-0.4, -0.2) is 36.4 Å². The highest BCUT2D eigenvalue weighted by atomic mass is 16.5. The molecule has 26 heavy (non-hydrogen) atoms. The number of hydrogen-bond donors (Lipinski definition) is 1. The van der Waals surface area contributed by atoms with Crippen LogP contribution < -0.4 is 10.1 Å². The molecule has 2 amide bonds. The van der Waals surface area contributed by atoms with Gasteiger partial charge in [0.05, 0.1) is 7.11 Å². The lowest BCUT2D eigenvalue weighted by Gasteiger charge is -2.24. The maximum absolute atomic E-state index is 12.8. The summed E-state index contributed by atoms with van der Waals surface area (Å²) in [7, 11) is 1.60. The van der Waals surface area contributed by atoms with Gasteiger partial charge in [-0.25, -0.2) is 0 Å². The molecule has 0 aromatic heterocycles. The topological polar surface area (TPSA) is 58.6 Å². The van der Waals surface area contributed by atoms with E-state index in [9.17, 15) is 9.59 Å². The molecular formula is C21H24N2O3. The second-order valence-electron chi connectivity index (χ2n) is 6.42. The largest absolute Gasteiger partial charge is 0.497 e. The number of methoxy groups -OCH3 is 1. The third-order valence-electron chi connectivity index (χ3n) is 4.78. The number of carbonyl (C=O) groups is 2. The molecule has 1 aliphatic rings. The van der Waals surface area contributed by atoms with Gasteiger partial charge in [-0.3, -0.25) is 9.59 Å². The van der Waals surface area contributed by atoms with Gasteiger partial charge >= 0.3 is 0 Å². The van der Waals surface area contributed by atoms with Crippen molar-refractivity contribution in [3.8, 4) is 5.75 Å². The molecule has 136 valence electrons. The second-order valence-corrected chi connectivity index (χ2v) is 6.42. The molecule has 1 atom stereocenters. The highest BCUT2D eigenvalue weighted by Gasteiger charge is 2.34. The number of anilines is 1. The van der Waals surface area contributed by atoms with Crippen LogP contribution in [0.5, 0.6) is 5.75 Å². The van der Waals surface area contributed by atoms with Gasteiger partial charge in [0.1, 0.15) is 11.8 Å². The number of ether oxygens (including phenoxy) is 1. The minimum atomic E-state index is -0.435. The zero-order chi connectivity index (χ0) is 18.5. The van der Waals surface area contributed by atoms with Gasteiger partial charge in [0.25, 0.3) is 5.91 Å². The normalized spacial score (nSPS) is 16.4. The Morgan fingerprint density at radius 2 is 1.81 bits per heavy atom. The van der Waals surface area contributed by atoms with Crippen molar-refractivity contribution < 1.29 is 14.3 Å². The smallest absolute Gasteiger partial charge is 0.254 e. The monoisotopic (exact) mass is 352 g/mol. The summed E-state index contributed by atoms with van der Waals surface area (Å²) < 4.78 is 5.12. The van der Waals surface area contributed by atoms with E-state index in [1.54, 1.807) is 36.3 Å².